The molecule has 0 unspecified atom stereocenters. The summed E-state index contributed by atoms with van der Waals surface area (Å²) in [6.45, 7) is 0.704. The average Bonchev–Trinajstić information content (AvgIpc) is 2.48. The van der Waals surface area contributed by atoms with Crippen molar-refractivity contribution < 1.29 is 4.79 Å². The highest BCUT2D eigenvalue weighted by atomic mass is 35.5. The number of pyridine rings is 1. The van der Waals surface area contributed by atoms with E-state index in [4.69, 9.17) is 23.2 Å². The Morgan fingerprint density at radius 2 is 1.74 bits per heavy atom. The van der Waals surface area contributed by atoms with Gasteiger partial charge in [0.05, 0.1) is 5.02 Å². The predicted molar refractivity (Wildman–Crippen MR) is 91.8 cm³/mol. The van der Waals surface area contributed by atoms with Gasteiger partial charge in [-0.15, -0.1) is 0 Å². The summed E-state index contributed by atoms with van der Waals surface area (Å²) >= 11 is 11.9. The van der Waals surface area contributed by atoms with Crippen LogP contribution in [0.2, 0.25) is 10.2 Å². The minimum atomic E-state index is -0.220. The van der Waals surface area contributed by atoms with Gasteiger partial charge in [0.15, 0.2) is 0 Å². The fourth-order valence-electron chi connectivity index (χ4n) is 5.70. The van der Waals surface area contributed by atoms with Crippen LogP contribution in [0.3, 0.4) is 0 Å². The van der Waals surface area contributed by atoms with Crippen LogP contribution in [0.1, 0.15) is 55.4 Å². The lowest BCUT2D eigenvalue weighted by Gasteiger charge is -2.57. The SMILES string of the molecule is O=C(NCCC12CC3CC(CC(C3)C1)C2)c1nc(Cl)ccc1Cl. The first-order valence-electron chi connectivity index (χ1n) is 8.63. The van der Waals surface area contributed by atoms with Crippen LogP contribution in [0, 0.1) is 23.2 Å². The maximum Gasteiger partial charge on any atom is 0.271 e. The fourth-order valence-corrected chi connectivity index (χ4v) is 6.04. The molecule has 0 aliphatic heterocycles. The fraction of sp³-hybridized carbons (Fsp3) is 0.667. The first-order valence-corrected chi connectivity index (χ1v) is 9.39. The second-order valence-electron chi connectivity index (χ2n) is 7.89. The zero-order chi connectivity index (χ0) is 16.0. The number of aromatic nitrogens is 1. The van der Waals surface area contributed by atoms with Crippen molar-refractivity contribution in [2.45, 2.75) is 44.9 Å². The van der Waals surface area contributed by atoms with E-state index in [0.29, 0.717) is 22.1 Å². The summed E-state index contributed by atoms with van der Waals surface area (Å²) in [5.74, 6) is 2.62. The third-order valence-electron chi connectivity index (χ3n) is 6.13. The Morgan fingerprint density at radius 3 is 2.35 bits per heavy atom. The highest BCUT2D eigenvalue weighted by molar-refractivity contribution is 6.34. The van der Waals surface area contributed by atoms with E-state index in [0.717, 1.165) is 24.2 Å². The average molecular weight is 353 g/mol. The van der Waals surface area contributed by atoms with Crippen molar-refractivity contribution in [3.05, 3.63) is 28.0 Å². The molecule has 4 saturated carbocycles. The number of carbonyl (C=O) groups excluding carboxylic acids is 1. The Balaban J connectivity index is 1.37. The number of rotatable bonds is 4. The lowest BCUT2D eigenvalue weighted by molar-refractivity contribution is -0.0564. The molecule has 0 spiro atoms. The van der Waals surface area contributed by atoms with E-state index in [9.17, 15) is 4.79 Å². The number of nitrogens with one attached hydrogen (secondary N) is 1. The van der Waals surface area contributed by atoms with Crippen molar-refractivity contribution >= 4 is 29.1 Å². The molecular formula is C18H22Cl2N2O. The van der Waals surface area contributed by atoms with Gasteiger partial charge in [0.1, 0.15) is 10.8 Å². The minimum absolute atomic E-state index is 0.220. The van der Waals surface area contributed by atoms with Gasteiger partial charge in [-0.05, 0) is 80.2 Å². The van der Waals surface area contributed by atoms with Crippen molar-refractivity contribution in [2.75, 3.05) is 6.54 Å². The largest absolute Gasteiger partial charge is 0.351 e. The van der Waals surface area contributed by atoms with Crippen molar-refractivity contribution in [1.29, 1.82) is 0 Å². The molecule has 0 radical (unpaired) electrons. The number of hydrogen-bond acceptors (Lipinski definition) is 2. The molecule has 1 aromatic heterocycles. The monoisotopic (exact) mass is 352 g/mol. The molecule has 0 atom stereocenters. The Bertz CT molecular complexity index is 596. The van der Waals surface area contributed by atoms with Gasteiger partial charge in [-0.25, -0.2) is 4.98 Å². The molecule has 4 aliphatic rings. The highest BCUT2D eigenvalue weighted by Crippen LogP contribution is 2.61. The molecule has 5 rings (SSSR count). The standard InChI is InChI=1S/C18H22Cl2N2O/c19-14-1-2-15(20)22-16(14)17(23)21-4-3-18-8-11-5-12(9-18)7-13(6-11)10-18/h1-2,11-13H,3-10H2,(H,21,23). The van der Waals surface area contributed by atoms with Crippen LogP contribution >= 0.6 is 23.2 Å². The lowest BCUT2D eigenvalue weighted by Crippen LogP contribution is -2.47. The van der Waals surface area contributed by atoms with Gasteiger partial charge in [0.25, 0.3) is 5.91 Å². The smallest absolute Gasteiger partial charge is 0.271 e. The molecule has 1 heterocycles. The molecule has 124 valence electrons. The topological polar surface area (TPSA) is 42.0 Å². The van der Waals surface area contributed by atoms with Gasteiger partial charge in [-0.1, -0.05) is 23.2 Å². The third kappa shape index (κ3) is 3.10. The summed E-state index contributed by atoms with van der Waals surface area (Å²) in [5.41, 5.74) is 0.706. The molecule has 1 aromatic rings. The van der Waals surface area contributed by atoms with E-state index in [-0.39, 0.29) is 11.6 Å². The van der Waals surface area contributed by atoms with E-state index >= 15 is 0 Å². The van der Waals surface area contributed by atoms with Crippen LogP contribution in [0.15, 0.2) is 12.1 Å². The molecule has 0 saturated heterocycles. The van der Waals surface area contributed by atoms with E-state index < -0.39 is 0 Å². The summed E-state index contributed by atoms with van der Waals surface area (Å²) in [6, 6.07) is 3.21. The van der Waals surface area contributed by atoms with Gasteiger partial charge >= 0.3 is 0 Å². The van der Waals surface area contributed by atoms with Crippen molar-refractivity contribution in [1.82, 2.24) is 10.3 Å². The van der Waals surface area contributed by atoms with Crippen LogP contribution < -0.4 is 5.32 Å². The normalized spacial score (nSPS) is 34.6. The van der Waals surface area contributed by atoms with Crippen LogP contribution in [-0.4, -0.2) is 17.4 Å². The first kappa shape index (κ1) is 15.7. The summed E-state index contributed by atoms with van der Waals surface area (Å²) in [5, 5.41) is 3.64. The van der Waals surface area contributed by atoms with Gasteiger partial charge in [0, 0.05) is 6.54 Å². The minimum Gasteiger partial charge on any atom is -0.351 e. The van der Waals surface area contributed by atoms with E-state index in [1.54, 1.807) is 12.1 Å². The van der Waals surface area contributed by atoms with Crippen molar-refractivity contribution in [3.8, 4) is 0 Å². The number of carbonyl (C=O) groups is 1. The Kier molecular flexibility index (Phi) is 4.05. The van der Waals surface area contributed by atoms with Crippen LogP contribution in [-0.2, 0) is 0 Å². The number of halogens is 2. The molecule has 4 aliphatic carbocycles. The highest BCUT2D eigenvalue weighted by Gasteiger charge is 2.50. The third-order valence-corrected chi connectivity index (χ3v) is 6.65. The Hall–Kier alpha value is -0.800. The molecule has 4 bridgehead atoms. The van der Waals surface area contributed by atoms with Gasteiger partial charge in [-0.2, -0.15) is 0 Å². The van der Waals surface area contributed by atoms with Crippen LogP contribution in [0.4, 0.5) is 0 Å². The Labute approximate surface area is 147 Å². The van der Waals surface area contributed by atoms with Crippen LogP contribution in [0.25, 0.3) is 0 Å². The number of nitrogens with zero attached hydrogens (tertiary/aromatic N) is 1. The van der Waals surface area contributed by atoms with Crippen molar-refractivity contribution in [2.24, 2.45) is 23.2 Å². The second kappa shape index (κ2) is 5.93. The quantitative estimate of drug-likeness (QED) is 0.796. The number of amides is 1. The van der Waals surface area contributed by atoms with E-state index in [1.165, 1.54) is 38.5 Å². The molecule has 0 aromatic carbocycles. The molecule has 5 heteroatoms. The Morgan fingerprint density at radius 1 is 1.13 bits per heavy atom. The second-order valence-corrected chi connectivity index (χ2v) is 8.68. The summed E-state index contributed by atoms with van der Waals surface area (Å²) in [6.07, 6.45) is 9.54. The summed E-state index contributed by atoms with van der Waals surface area (Å²) in [7, 11) is 0. The van der Waals surface area contributed by atoms with Crippen LogP contribution in [0.5, 0.6) is 0 Å². The summed E-state index contributed by atoms with van der Waals surface area (Å²) in [4.78, 5) is 16.3. The summed E-state index contributed by atoms with van der Waals surface area (Å²) < 4.78 is 0. The van der Waals surface area contributed by atoms with Gasteiger partial charge in [-0.3, -0.25) is 4.79 Å². The lowest BCUT2D eigenvalue weighted by atomic mass is 9.49. The van der Waals surface area contributed by atoms with E-state index in [2.05, 4.69) is 10.3 Å². The maximum atomic E-state index is 12.3. The van der Waals surface area contributed by atoms with Crippen molar-refractivity contribution in [3.63, 3.8) is 0 Å². The molecule has 4 fully saturated rings. The van der Waals surface area contributed by atoms with Gasteiger partial charge < -0.3 is 5.32 Å². The molecular weight excluding hydrogens is 331 g/mol. The maximum absolute atomic E-state index is 12.3. The zero-order valence-corrected chi connectivity index (χ0v) is 14.7. The number of hydrogen-bond donors (Lipinski definition) is 1. The molecule has 23 heavy (non-hydrogen) atoms. The first-order chi connectivity index (χ1) is 11.0. The molecule has 1 amide bonds. The molecule has 3 nitrogen and oxygen atoms in total. The van der Waals surface area contributed by atoms with Gasteiger partial charge in [0.2, 0.25) is 0 Å². The zero-order valence-electron chi connectivity index (χ0n) is 13.2. The predicted octanol–water partition coefficient (Wildman–Crippen LogP) is 4.72. The van der Waals surface area contributed by atoms with E-state index in [1.807, 2.05) is 0 Å². The molecule has 1 N–H and O–H groups in total.